The van der Waals surface area contributed by atoms with E-state index in [1.54, 1.807) is 0 Å². The lowest BCUT2D eigenvalue weighted by molar-refractivity contribution is -0.122. The molecule has 1 aromatic rings. The molecular weight excluding hydrogens is 274 g/mol. The minimum Gasteiger partial charge on any atom is -0.369 e. The molecule has 120 valence electrons. The van der Waals surface area contributed by atoms with E-state index in [-0.39, 0.29) is 11.8 Å². The van der Waals surface area contributed by atoms with Gasteiger partial charge in [0.1, 0.15) is 0 Å². The van der Waals surface area contributed by atoms with E-state index in [9.17, 15) is 4.79 Å². The molecule has 2 aliphatic rings. The molecular formula is C18H27N3O. The van der Waals surface area contributed by atoms with Crippen molar-refractivity contribution in [1.29, 1.82) is 0 Å². The van der Waals surface area contributed by atoms with Crippen molar-refractivity contribution in [3.63, 3.8) is 0 Å². The Kier molecular flexibility index (Phi) is 4.67. The summed E-state index contributed by atoms with van der Waals surface area (Å²) in [5.41, 5.74) is 3.49. The third kappa shape index (κ3) is 3.27. The van der Waals surface area contributed by atoms with Crippen molar-refractivity contribution in [3.8, 4) is 0 Å². The summed E-state index contributed by atoms with van der Waals surface area (Å²) >= 11 is 0. The van der Waals surface area contributed by atoms with Gasteiger partial charge in [-0.05, 0) is 50.1 Å². The number of hydrogen-bond donors (Lipinski definition) is 1. The molecule has 3 rings (SSSR count). The number of rotatable bonds is 4. The molecule has 1 aromatic carbocycles. The number of nitrogens with zero attached hydrogens (tertiary/aromatic N) is 2. The maximum Gasteiger partial charge on any atom is 0.227 e. The summed E-state index contributed by atoms with van der Waals surface area (Å²) in [6.45, 7) is 9.94. The van der Waals surface area contributed by atoms with E-state index in [2.05, 4.69) is 41.1 Å². The zero-order valence-corrected chi connectivity index (χ0v) is 13.8. The highest BCUT2D eigenvalue weighted by molar-refractivity contribution is 5.93. The molecule has 4 heteroatoms. The lowest BCUT2D eigenvalue weighted by atomic mass is 9.85. The van der Waals surface area contributed by atoms with Crippen LogP contribution in [0.2, 0.25) is 0 Å². The molecule has 0 radical (unpaired) electrons. The summed E-state index contributed by atoms with van der Waals surface area (Å²) in [6, 6.07) is 6.32. The maximum atomic E-state index is 12.0. The minimum atomic E-state index is 0.190. The van der Waals surface area contributed by atoms with Gasteiger partial charge in [-0.3, -0.25) is 4.79 Å². The Labute approximate surface area is 133 Å². The van der Waals surface area contributed by atoms with E-state index >= 15 is 0 Å². The molecule has 0 unspecified atom stereocenters. The van der Waals surface area contributed by atoms with Crippen LogP contribution >= 0.6 is 0 Å². The van der Waals surface area contributed by atoms with Crippen LogP contribution in [0, 0.1) is 12.8 Å². The van der Waals surface area contributed by atoms with Crippen LogP contribution in [0.3, 0.4) is 0 Å². The van der Waals surface area contributed by atoms with Gasteiger partial charge in [0.2, 0.25) is 5.91 Å². The second-order valence-corrected chi connectivity index (χ2v) is 6.54. The Morgan fingerprint density at radius 1 is 1.23 bits per heavy atom. The number of carbonyl (C=O) groups excluding carboxylic acids is 1. The van der Waals surface area contributed by atoms with E-state index in [0.717, 1.165) is 51.3 Å². The maximum absolute atomic E-state index is 12.0. The van der Waals surface area contributed by atoms with Gasteiger partial charge < -0.3 is 15.1 Å². The SMILES string of the molecule is CCN1CCN(c2ccc(NC(=O)C3CCC3)cc2C)CC1. The summed E-state index contributed by atoms with van der Waals surface area (Å²) < 4.78 is 0. The molecule has 0 spiro atoms. The molecule has 0 bridgehead atoms. The lowest BCUT2D eigenvalue weighted by Crippen LogP contribution is -2.46. The standard InChI is InChI=1S/C18H27N3O/c1-3-20-9-11-21(12-10-20)17-8-7-16(13-14(17)2)19-18(22)15-5-4-6-15/h7-8,13,15H,3-6,9-12H2,1-2H3,(H,19,22). The van der Waals surface area contributed by atoms with Crippen molar-refractivity contribution in [2.45, 2.75) is 33.1 Å². The molecule has 1 saturated heterocycles. The van der Waals surface area contributed by atoms with Crippen LogP contribution in [-0.2, 0) is 4.79 Å². The number of anilines is 2. The molecule has 4 nitrogen and oxygen atoms in total. The number of piperazine rings is 1. The Hall–Kier alpha value is -1.55. The monoisotopic (exact) mass is 301 g/mol. The smallest absolute Gasteiger partial charge is 0.227 e. The fourth-order valence-corrected chi connectivity index (χ4v) is 3.31. The molecule has 2 fully saturated rings. The van der Waals surface area contributed by atoms with E-state index in [0.29, 0.717) is 0 Å². The molecule has 0 atom stereocenters. The Bertz CT molecular complexity index is 531. The van der Waals surface area contributed by atoms with Gasteiger partial charge in [-0.15, -0.1) is 0 Å². The zero-order chi connectivity index (χ0) is 15.5. The quantitative estimate of drug-likeness (QED) is 0.929. The number of amides is 1. The minimum absolute atomic E-state index is 0.190. The number of likely N-dealkylation sites (N-methyl/N-ethyl adjacent to an activating group) is 1. The predicted molar refractivity (Wildman–Crippen MR) is 91.5 cm³/mol. The van der Waals surface area contributed by atoms with Gasteiger partial charge >= 0.3 is 0 Å². The molecule has 1 saturated carbocycles. The summed E-state index contributed by atoms with van der Waals surface area (Å²) in [7, 11) is 0. The average Bonchev–Trinajstić information content (AvgIpc) is 2.46. The highest BCUT2D eigenvalue weighted by Crippen LogP contribution is 2.29. The van der Waals surface area contributed by atoms with E-state index in [4.69, 9.17) is 0 Å². The van der Waals surface area contributed by atoms with Crippen LogP contribution in [0.15, 0.2) is 18.2 Å². The van der Waals surface area contributed by atoms with Crippen LogP contribution in [-0.4, -0.2) is 43.5 Å². The van der Waals surface area contributed by atoms with Crippen molar-refractivity contribution < 1.29 is 4.79 Å². The van der Waals surface area contributed by atoms with Gasteiger partial charge in [0.15, 0.2) is 0 Å². The fraction of sp³-hybridized carbons (Fsp3) is 0.611. The molecule has 1 heterocycles. The first-order chi connectivity index (χ1) is 10.7. The number of nitrogens with one attached hydrogen (secondary N) is 1. The highest BCUT2D eigenvalue weighted by atomic mass is 16.1. The van der Waals surface area contributed by atoms with Crippen LogP contribution in [0.25, 0.3) is 0 Å². The summed E-state index contributed by atoms with van der Waals surface area (Å²) in [5.74, 6) is 0.428. The first-order valence-electron chi connectivity index (χ1n) is 8.56. The largest absolute Gasteiger partial charge is 0.369 e. The molecule has 22 heavy (non-hydrogen) atoms. The summed E-state index contributed by atoms with van der Waals surface area (Å²) in [4.78, 5) is 17.0. The predicted octanol–water partition coefficient (Wildman–Crippen LogP) is 2.88. The van der Waals surface area contributed by atoms with Gasteiger partial charge in [0, 0.05) is 43.5 Å². The Morgan fingerprint density at radius 2 is 1.95 bits per heavy atom. The normalized spacial score (nSPS) is 19.8. The Morgan fingerprint density at radius 3 is 2.50 bits per heavy atom. The average molecular weight is 301 g/mol. The third-order valence-electron chi connectivity index (χ3n) is 5.10. The Balaban J connectivity index is 1.63. The second-order valence-electron chi connectivity index (χ2n) is 6.54. The van der Waals surface area contributed by atoms with Gasteiger partial charge in [0.05, 0.1) is 0 Å². The molecule has 1 N–H and O–H groups in total. The van der Waals surface area contributed by atoms with Crippen molar-refractivity contribution in [1.82, 2.24) is 4.90 Å². The van der Waals surface area contributed by atoms with E-state index in [1.165, 1.54) is 17.7 Å². The van der Waals surface area contributed by atoms with Crippen molar-refractivity contribution in [2.75, 3.05) is 42.9 Å². The van der Waals surface area contributed by atoms with Gasteiger partial charge in [-0.25, -0.2) is 0 Å². The van der Waals surface area contributed by atoms with Crippen LogP contribution in [0.5, 0.6) is 0 Å². The van der Waals surface area contributed by atoms with Gasteiger partial charge in [-0.2, -0.15) is 0 Å². The zero-order valence-electron chi connectivity index (χ0n) is 13.8. The number of aryl methyl sites for hydroxylation is 1. The van der Waals surface area contributed by atoms with Crippen LogP contribution in [0.4, 0.5) is 11.4 Å². The van der Waals surface area contributed by atoms with Crippen LogP contribution < -0.4 is 10.2 Å². The topological polar surface area (TPSA) is 35.6 Å². The van der Waals surface area contributed by atoms with Crippen molar-refractivity contribution in [3.05, 3.63) is 23.8 Å². The van der Waals surface area contributed by atoms with Gasteiger partial charge in [0.25, 0.3) is 0 Å². The summed E-state index contributed by atoms with van der Waals surface area (Å²) in [6.07, 6.45) is 3.29. The van der Waals surface area contributed by atoms with E-state index < -0.39 is 0 Å². The second kappa shape index (κ2) is 6.69. The van der Waals surface area contributed by atoms with Crippen molar-refractivity contribution >= 4 is 17.3 Å². The third-order valence-corrected chi connectivity index (χ3v) is 5.10. The van der Waals surface area contributed by atoms with Crippen LogP contribution in [0.1, 0.15) is 31.7 Å². The molecule has 0 aromatic heterocycles. The molecule has 1 aliphatic carbocycles. The number of hydrogen-bond acceptors (Lipinski definition) is 3. The molecule has 1 amide bonds. The van der Waals surface area contributed by atoms with Gasteiger partial charge in [-0.1, -0.05) is 13.3 Å². The lowest BCUT2D eigenvalue weighted by Gasteiger charge is -2.36. The summed E-state index contributed by atoms with van der Waals surface area (Å²) in [5, 5.41) is 3.07. The number of benzene rings is 1. The highest BCUT2D eigenvalue weighted by Gasteiger charge is 2.25. The van der Waals surface area contributed by atoms with E-state index in [1.807, 2.05) is 6.07 Å². The fourth-order valence-electron chi connectivity index (χ4n) is 3.31. The first-order valence-corrected chi connectivity index (χ1v) is 8.56. The first kappa shape index (κ1) is 15.3. The molecule has 1 aliphatic heterocycles. The number of carbonyl (C=O) groups is 1. The van der Waals surface area contributed by atoms with Crippen molar-refractivity contribution in [2.24, 2.45) is 5.92 Å².